The number of halogens is 1. The highest BCUT2D eigenvalue weighted by molar-refractivity contribution is 6.05. The third-order valence-corrected chi connectivity index (χ3v) is 4.11. The summed E-state index contributed by atoms with van der Waals surface area (Å²) in [6, 6.07) is 8.12. The third-order valence-electron chi connectivity index (χ3n) is 4.11. The minimum atomic E-state index is -0.835. The average molecular weight is 427 g/mol. The standard InChI is InChI=1S/C19H14FN5O6/c1-10-17(11(2)22-19(21-10)31-16-6-4-3-5-15(16)20)23-18(26)12-7-13(24(27)28)9-14(8-12)25(29)30/h3-9H,1-2H3,(H,23,26). The summed E-state index contributed by atoms with van der Waals surface area (Å²) >= 11 is 0. The first kappa shape index (κ1) is 21.2. The summed E-state index contributed by atoms with van der Waals surface area (Å²) in [4.78, 5) is 41.1. The van der Waals surface area contributed by atoms with Crippen LogP contribution in [-0.2, 0) is 0 Å². The Labute approximate surface area is 173 Å². The quantitative estimate of drug-likeness (QED) is 0.456. The number of anilines is 1. The number of ether oxygens (including phenoxy) is 1. The van der Waals surface area contributed by atoms with Gasteiger partial charge in [-0.05, 0) is 26.0 Å². The van der Waals surface area contributed by atoms with Crippen molar-refractivity contribution < 1.29 is 23.8 Å². The fourth-order valence-corrected chi connectivity index (χ4v) is 2.66. The van der Waals surface area contributed by atoms with Crippen molar-refractivity contribution in [1.82, 2.24) is 9.97 Å². The maximum Gasteiger partial charge on any atom is 0.322 e. The van der Waals surface area contributed by atoms with Crippen LogP contribution in [-0.4, -0.2) is 25.7 Å². The number of hydrogen-bond acceptors (Lipinski definition) is 8. The van der Waals surface area contributed by atoms with Gasteiger partial charge in [0.1, 0.15) is 0 Å². The highest BCUT2D eigenvalue weighted by Crippen LogP contribution is 2.27. The summed E-state index contributed by atoms with van der Waals surface area (Å²) in [6.07, 6.45) is 0. The Kier molecular flexibility index (Phi) is 5.81. The molecule has 0 atom stereocenters. The van der Waals surface area contributed by atoms with Crippen LogP contribution in [0, 0.1) is 39.9 Å². The summed E-state index contributed by atoms with van der Waals surface area (Å²) in [5.74, 6) is -1.52. The van der Waals surface area contributed by atoms with Crippen LogP contribution in [0.25, 0.3) is 0 Å². The van der Waals surface area contributed by atoms with Gasteiger partial charge >= 0.3 is 6.01 Å². The van der Waals surface area contributed by atoms with Crippen LogP contribution in [0.3, 0.4) is 0 Å². The van der Waals surface area contributed by atoms with Crippen molar-refractivity contribution >= 4 is 23.0 Å². The van der Waals surface area contributed by atoms with Gasteiger partial charge in [-0.15, -0.1) is 0 Å². The van der Waals surface area contributed by atoms with Crippen molar-refractivity contribution in [3.05, 3.63) is 85.5 Å². The Morgan fingerprint density at radius 2 is 1.55 bits per heavy atom. The van der Waals surface area contributed by atoms with E-state index < -0.39 is 32.9 Å². The molecule has 0 fully saturated rings. The third kappa shape index (κ3) is 4.75. The molecule has 11 nitrogen and oxygen atoms in total. The second-order valence-corrected chi connectivity index (χ2v) is 6.29. The number of nitrogens with one attached hydrogen (secondary N) is 1. The molecular formula is C19H14FN5O6. The Morgan fingerprint density at radius 1 is 1.00 bits per heavy atom. The van der Waals surface area contributed by atoms with Crippen LogP contribution in [0.1, 0.15) is 21.7 Å². The van der Waals surface area contributed by atoms with E-state index in [-0.39, 0.29) is 34.4 Å². The first-order chi connectivity index (χ1) is 14.7. The molecule has 31 heavy (non-hydrogen) atoms. The predicted octanol–water partition coefficient (Wildman–Crippen LogP) is 4.09. The molecule has 1 amide bonds. The van der Waals surface area contributed by atoms with E-state index in [4.69, 9.17) is 4.74 Å². The smallest absolute Gasteiger partial charge is 0.322 e. The summed E-state index contributed by atoms with van der Waals surface area (Å²) in [6.45, 7) is 3.07. The largest absolute Gasteiger partial charge is 0.421 e. The predicted molar refractivity (Wildman–Crippen MR) is 106 cm³/mol. The van der Waals surface area contributed by atoms with Gasteiger partial charge in [-0.2, -0.15) is 9.97 Å². The highest BCUT2D eigenvalue weighted by atomic mass is 19.1. The average Bonchev–Trinajstić information content (AvgIpc) is 2.71. The number of nitro groups is 2. The number of nitrogens with zero attached hydrogens (tertiary/aromatic N) is 4. The van der Waals surface area contributed by atoms with E-state index in [1.165, 1.54) is 32.0 Å². The SMILES string of the molecule is Cc1nc(Oc2ccccc2F)nc(C)c1NC(=O)c1cc([N+](=O)[O-])cc([N+](=O)[O-])c1. The molecule has 1 aromatic heterocycles. The Morgan fingerprint density at radius 3 is 2.06 bits per heavy atom. The molecule has 0 unspecified atom stereocenters. The Bertz CT molecular complexity index is 1160. The van der Waals surface area contributed by atoms with Crippen molar-refractivity contribution in [2.75, 3.05) is 5.32 Å². The number of nitro benzene ring substituents is 2. The molecule has 2 aromatic carbocycles. The van der Waals surface area contributed by atoms with Gasteiger partial charge < -0.3 is 10.1 Å². The molecule has 0 aliphatic heterocycles. The van der Waals surface area contributed by atoms with Crippen molar-refractivity contribution in [3.8, 4) is 11.8 Å². The number of carbonyl (C=O) groups excluding carboxylic acids is 1. The van der Waals surface area contributed by atoms with Crippen molar-refractivity contribution in [2.45, 2.75) is 13.8 Å². The summed E-state index contributed by atoms with van der Waals surface area (Å²) in [5, 5.41) is 24.5. The lowest BCUT2D eigenvalue weighted by Gasteiger charge is -2.12. The van der Waals surface area contributed by atoms with E-state index in [0.717, 1.165) is 18.2 Å². The second-order valence-electron chi connectivity index (χ2n) is 6.29. The topological polar surface area (TPSA) is 150 Å². The molecule has 1 heterocycles. The van der Waals surface area contributed by atoms with E-state index in [2.05, 4.69) is 15.3 Å². The van der Waals surface area contributed by atoms with Gasteiger partial charge in [-0.3, -0.25) is 25.0 Å². The molecule has 0 saturated carbocycles. The zero-order chi connectivity index (χ0) is 22.7. The molecule has 12 heteroatoms. The van der Waals surface area contributed by atoms with Crippen molar-refractivity contribution in [3.63, 3.8) is 0 Å². The Hall–Kier alpha value is -4.48. The van der Waals surface area contributed by atoms with Crippen LogP contribution < -0.4 is 10.1 Å². The van der Waals surface area contributed by atoms with Crippen LogP contribution in [0.5, 0.6) is 11.8 Å². The molecule has 158 valence electrons. The van der Waals surface area contributed by atoms with Gasteiger partial charge in [0, 0.05) is 12.1 Å². The number of non-ortho nitro benzene ring substituents is 2. The van der Waals surface area contributed by atoms with Gasteiger partial charge in [0.2, 0.25) is 0 Å². The lowest BCUT2D eigenvalue weighted by atomic mass is 10.1. The molecule has 3 rings (SSSR count). The first-order valence-corrected chi connectivity index (χ1v) is 8.68. The van der Waals surface area contributed by atoms with Gasteiger partial charge in [0.25, 0.3) is 17.3 Å². The molecule has 1 N–H and O–H groups in total. The molecular weight excluding hydrogens is 413 g/mol. The lowest BCUT2D eigenvalue weighted by molar-refractivity contribution is -0.394. The van der Waals surface area contributed by atoms with Crippen LogP contribution >= 0.6 is 0 Å². The zero-order valence-electron chi connectivity index (χ0n) is 16.2. The molecule has 0 saturated heterocycles. The van der Waals surface area contributed by atoms with E-state index in [1.807, 2.05) is 0 Å². The minimum absolute atomic E-state index is 0.0815. The number of hydrogen-bond donors (Lipinski definition) is 1. The van der Waals surface area contributed by atoms with Crippen molar-refractivity contribution in [1.29, 1.82) is 0 Å². The van der Waals surface area contributed by atoms with Crippen LogP contribution in [0.4, 0.5) is 21.5 Å². The fraction of sp³-hybridized carbons (Fsp3) is 0.105. The van der Waals surface area contributed by atoms with E-state index >= 15 is 0 Å². The van der Waals surface area contributed by atoms with E-state index in [1.54, 1.807) is 6.07 Å². The zero-order valence-corrected chi connectivity index (χ0v) is 16.2. The summed E-state index contributed by atoms with van der Waals surface area (Å²) in [5.41, 5.74) is -0.763. The fourth-order valence-electron chi connectivity index (χ4n) is 2.66. The second kappa shape index (κ2) is 8.49. The molecule has 0 aliphatic rings. The number of benzene rings is 2. The van der Waals surface area contributed by atoms with Crippen LogP contribution in [0.15, 0.2) is 42.5 Å². The molecule has 3 aromatic rings. The van der Waals surface area contributed by atoms with E-state index in [9.17, 15) is 29.4 Å². The van der Waals surface area contributed by atoms with Crippen LogP contribution in [0.2, 0.25) is 0 Å². The number of para-hydroxylation sites is 1. The maximum absolute atomic E-state index is 13.8. The number of aryl methyl sites for hydroxylation is 2. The molecule has 0 bridgehead atoms. The maximum atomic E-state index is 13.8. The van der Waals surface area contributed by atoms with E-state index in [0.29, 0.717) is 0 Å². The number of rotatable bonds is 6. The number of carbonyl (C=O) groups is 1. The summed E-state index contributed by atoms with van der Waals surface area (Å²) < 4.78 is 19.1. The normalized spacial score (nSPS) is 10.4. The highest BCUT2D eigenvalue weighted by Gasteiger charge is 2.21. The number of aromatic nitrogens is 2. The monoisotopic (exact) mass is 427 g/mol. The number of amides is 1. The summed E-state index contributed by atoms with van der Waals surface area (Å²) in [7, 11) is 0. The van der Waals surface area contributed by atoms with Gasteiger partial charge in [-0.25, -0.2) is 4.39 Å². The van der Waals surface area contributed by atoms with Crippen molar-refractivity contribution in [2.24, 2.45) is 0 Å². The minimum Gasteiger partial charge on any atom is -0.421 e. The molecule has 0 radical (unpaired) electrons. The van der Waals surface area contributed by atoms with Gasteiger partial charge in [0.05, 0.1) is 38.6 Å². The molecule has 0 spiro atoms. The van der Waals surface area contributed by atoms with Gasteiger partial charge in [0.15, 0.2) is 11.6 Å². The first-order valence-electron chi connectivity index (χ1n) is 8.68. The molecule has 0 aliphatic carbocycles. The van der Waals surface area contributed by atoms with Gasteiger partial charge in [-0.1, -0.05) is 12.1 Å². The Balaban J connectivity index is 1.89. The lowest BCUT2D eigenvalue weighted by Crippen LogP contribution is -2.16.